The van der Waals surface area contributed by atoms with Crippen LogP contribution < -0.4 is 4.74 Å². The number of nitrogens with zero attached hydrogens (tertiary/aromatic N) is 2. The van der Waals surface area contributed by atoms with Gasteiger partial charge in [0, 0.05) is 34.6 Å². The molecule has 4 aromatic carbocycles. The summed E-state index contributed by atoms with van der Waals surface area (Å²) in [5.41, 5.74) is 4.70. The summed E-state index contributed by atoms with van der Waals surface area (Å²) in [4.78, 5) is 2.50. The summed E-state index contributed by atoms with van der Waals surface area (Å²) in [6.07, 6.45) is 5.12. The van der Waals surface area contributed by atoms with E-state index in [9.17, 15) is 0 Å². The monoisotopic (exact) mass is 502 g/mol. The average Bonchev–Trinajstić information content (AvgIpc) is 3.42. The van der Waals surface area contributed by atoms with Gasteiger partial charge >= 0.3 is 0 Å². The quantitative estimate of drug-likeness (QED) is 0.280. The minimum atomic E-state index is -0.366. The van der Waals surface area contributed by atoms with E-state index < -0.39 is 0 Å². The first kappa shape index (κ1) is 22.7. The lowest BCUT2D eigenvalue weighted by Gasteiger charge is -2.50. The number of hydrogen-bond acceptors (Lipinski definition) is 4. The molecule has 184 valence electrons. The van der Waals surface area contributed by atoms with E-state index in [0.29, 0.717) is 5.92 Å². The SMILES string of the molecule is c1ccc(Sc2ccc(C3=NN4[C@@H](C3)c3ccccc3OC43CCC(c4ccccc4)CC3)cc2)cc1. The van der Waals surface area contributed by atoms with Gasteiger partial charge in [0.15, 0.2) is 5.72 Å². The van der Waals surface area contributed by atoms with Crippen LogP contribution in [0, 0.1) is 0 Å². The van der Waals surface area contributed by atoms with E-state index in [1.54, 1.807) is 11.8 Å². The molecule has 0 bridgehead atoms. The standard InChI is InChI=1S/C33H30N2OS/c1-3-9-24(10-4-1)25-19-21-33(22-20-25)35-31(29-13-7-8-14-32(29)36-33)23-30(34-35)26-15-17-28(18-16-26)37-27-11-5-2-6-12-27/h1-18,25,31H,19-23H2/t25?,31-,33?/m0/s1. The summed E-state index contributed by atoms with van der Waals surface area (Å²) in [6.45, 7) is 0. The highest BCUT2D eigenvalue weighted by atomic mass is 32.2. The fourth-order valence-corrected chi connectivity index (χ4v) is 7.04. The lowest BCUT2D eigenvalue weighted by Crippen LogP contribution is -2.55. The first-order valence-corrected chi connectivity index (χ1v) is 14.1. The first-order valence-electron chi connectivity index (χ1n) is 13.3. The Hall–Kier alpha value is -3.50. The molecule has 4 heteroatoms. The van der Waals surface area contributed by atoms with Crippen LogP contribution in [0.1, 0.15) is 60.8 Å². The summed E-state index contributed by atoms with van der Waals surface area (Å²) in [6, 6.07) is 39.2. The Morgan fingerprint density at radius 3 is 2.14 bits per heavy atom. The van der Waals surface area contributed by atoms with E-state index in [4.69, 9.17) is 9.84 Å². The molecular formula is C33H30N2OS. The third kappa shape index (κ3) is 4.23. The zero-order valence-corrected chi connectivity index (χ0v) is 21.6. The predicted octanol–water partition coefficient (Wildman–Crippen LogP) is 8.44. The van der Waals surface area contributed by atoms with E-state index in [-0.39, 0.29) is 11.8 Å². The van der Waals surface area contributed by atoms with Crippen LogP contribution in [0.2, 0.25) is 0 Å². The molecule has 0 aromatic heterocycles. The van der Waals surface area contributed by atoms with Crippen LogP contribution in [0.25, 0.3) is 0 Å². The summed E-state index contributed by atoms with van der Waals surface area (Å²) >= 11 is 1.80. The molecule has 3 nitrogen and oxygen atoms in total. The third-order valence-corrected chi connectivity index (χ3v) is 9.13. The number of ether oxygens (including phenoxy) is 1. The molecule has 2 heterocycles. The van der Waals surface area contributed by atoms with Crippen molar-refractivity contribution in [3.8, 4) is 5.75 Å². The number of hydrazone groups is 1. The molecule has 0 saturated heterocycles. The van der Waals surface area contributed by atoms with Gasteiger partial charge in [0.25, 0.3) is 0 Å². The van der Waals surface area contributed by atoms with Gasteiger partial charge in [-0.05, 0) is 60.2 Å². The molecule has 7 rings (SSSR count). The van der Waals surface area contributed by atoms with Crippen LogP contribution in [0.4, 0.5) is 0 Å². The average molecular weight is 503 g/mol. The van der Waals surface area contributed by atoms with Crippen molar-refractivity contribution in [1.82, 2.24) is 5.01 Å². The molecule has 1 atom stereocenters. The minimum absolute atomic E-state index is 0.228. The van der Waals surface area contributed by atoms with Gasteiger partial charge in [0.2, 0.25) is 0 Å². The Labute approximate surface area is 223 Å². The molecule has 0 N–H and O–H groups in total. The van der Waals surface area contributed by atoms with E-state index in [2.05, 4.69) is 114 Å². The molecule has 1 fully saturated rings. The molecule has 0 amide bonds. The van der Waals surface area contributed by atoms with Crippen molar-refractivity contribution in [2.24, 2.45) is 5.10 Å². The van der Waals surface area contributed by atoms with Crippen LogP contribution in [0.15, 0.2) is 124 Å². The molecule has 3 aliphatic rings. The summed E-state index contributed by atoms with van der Waals surface area (Å²) < 4.78 is 6.84. The highest BCUT2D eigenvalue weighted by molar-refractivity contribution is 7.99. The summed E-state index contributed by atoms with van der Waals surface area (Å²) in [5, 5.41) is 7.62. The van der Waals surface area contributed by atoms with Crippen molar-refractivity contribution in [2.75, 3.05) is 0 Å². The second kappa shape index (κ2) is 9.42. The van der Waals surface area contributed by atoms with E-state index in [1.165, 1.54) is 26.5 Å². The number of benzene rings is 4. The van der Waals surface area contributed by atoms with Crippen molar-refractivity contribution in [1.29, 1.82) is 0 Å². The van der Waals surface area contributed by atoms with Crippen LogP contribution in [0.5, 0.6) is 5.75 Å². The Bertz CT molecular complexity index is 1410. The molecule has 2 aliphatic heterocycles. The number of para-hydroxylation sites is 1. The van der Waals surface area contributed by atoms with Gasteiger partial charge in [-0.3, -0.25) is 0 Å². The maximum absolute atomic E-state index is 6.84. The Kier molecular flexibility index (Phi) is 5.78. The third-order valence-electron chi connectivity index (χ3n) is 8.11. The lowest BCUT2D eigenvalue weighted by atomic mass is 9.78. The second-order valence-corrected chi connectivity index (χ2v) is 11.5. The van der Waals surface area contributed by atoms with Gasteiger partial charge in [-0.1, -0.05) is 90.6 Å². The first-order chi connectivity index (χ1) is 18.3. The van der Waals surface area contributed by atoms with Crippen molar-refractivity contribution < 1.29 is 4.74 Å². The van der Waals surface area contributed by atoms with Crippen LogP contribution in [-0.4, -0.2) is 16.4 Å². The fourth-order valence-electron chi connectivity index (χ4n) is 6.20. The lowest BCUT2D eigenvalue weighted by molar-refractivity contribution is -0.142. The molecule has 37 heavy (non-hydrogen) atoms. The topological polar surface area (TPSA) is 24.8 Å². The summed E-state index contributed by atoms with van der Waals surface area (Å²) in [7, 11) is 0. The van der Waals surface area contributed by atoms with Crippen LogP contribution in [-0.2, 0) is 0 Å². The maximum Gasteiger partial charge on any atom is 0.198 e. The molecular weight excluding hydrogens is 472 g/mol. The predicted molar refractivity (Wildman–Crippen MR) is 150 cm³/mol. The van der Waals surface area contributed by atoms with E-state index >= 15 is 0 Å². The number of hydrogen-bond donors (Lipinski definition) is 0. The molecule has 1 saturated carbocycles. The van der Waals surface area contributed by atoms with Gasteiger partial charge in [-0.2, -0.15) is 5.10 Å². The van der Waals surface area contributed by atoms with Crippen LogP contribution >= 0.6 is 11.8 Å². The van der Waals surface area contributed by atoms with Gasteiger partial charge in [0.1, 0.15) is 5.75 Å². The van der Waals surface area contributed by atoms with Crippen molar-refractivity contribution >= 4 is 17.5 Å². The van der Waals surface area contributed by atoms with Crippen molar-refractivity contribution in [3.05, 3.63) is 126 Å². The number of rotatable bonds is 4. The molecule has 1 aliphatic carbocycles. The van der Waals surface area contributed by atoms with Crippen molar-refractivity contribution in [3.63, 3.8) is 0 Å². The largest absolute Gasteiger partial charge is 0.466 e. The smallest absolute Gasteiger partial charge is 0.198 e. The highest BCUT2D eigenvalue weighted by Gasteiger charge is 2.51. The van der Waals surface area contributed by atoms with E-state index in [1.807, 2.05) is 0 Å². The molecule has 0 unspecified atom stereocenters. The Morgan fingerprint density at radius 2 is 1.38 bits per heavy atom. The fraction of sp³-hybridized carbons (Fsp3) is 0.242. The van der Waals surface area contributed by atoms with Crippen LogP contribution in [0.3, 0.4) is 0 Å². The summed E-state index contributed by atoms with van der Waals surface area (Å²) in [5.74, 6) is 1.62. The normalized spacial score (nSPS) is 24.2. The zero-order valence-electron chi connectivity index (χ0n) is 20.8. The highest BCUT2D eigenvalue weighted by Crippen LogP contribution is 2.53. The maximum atomic E-state index is 6.84. The minimum Gasteiger partial charge on any atom is -0.466 e. The molecule has 4 aromatic rings. The zero-order chi connectivity index (χ0) is 24.7. The number of fused-ring (bicyclic) bond motifs is 4. The van der Waals surface area contributed by atoms with Gasteiger partial charge < -0.3 is 4.74 Å². The van der Waals surface area contributed by atoms with E-state index in [0.717, 1.165) is 43.6 Å². The second-order valence-electron chi connectivity index (χ2n) is 10.3. The van der Waals surface area contributed by atoms with Gasteiger partial charge in [-0.15, -0.1) is 0 Å². The van der Waals surface area contributed by atoms with Gasteiger partial charge in [-0.25, -0.2) is 5.01 Å². The molecule has 1 spiro atoms. The Balaban J connectivity index is 1.16. The van der Waals surface area contributed by atoms with Gasteiger partial charge in [0.05, 0.1) is 11.8 Å². The molecule has 0 radical (unpaired) electrons. The Morgan fingerprint density at radius 1 is 0.730 bits per heavy atom. The van der Waals surface area contributed by atoms with Crippen molar-refractivity contribution in [2.45, 2.75) is 59.6 Å².